The van der Waals surface area contributed by atoms with E-state index in [0.29, 0.717) is 5.69 Å². The van der Waals surface area contributed by atoms with Crippen LogP contribution in [0.15, 0.2) is 40.6 Å². The number of nitro groups is 1. The van der Waals surface area contributed by atoms with Crippen LogP contribution in [0.1, 0.15) is 16.7 Å². The van der Waals surface area contributed by atoms with Gasteiger partial charge in [-0.05, 0) is 24.6 Å². The third-order valence-corrected chi connectivity index (χ3v) is 3.63. The van der Waals surface area contributed by atoms with Crippen molar-refractivity contribution in [2.75, 3.05) is 12.3 Å². The van der Waals surface area contributed by atoms with E-state index in [1.165, 1.54) is 0 Å². The van der Waals surface area contributed by atoms with Crippen molar-refractivity contribution in [1.82, 2.24) is 0 Å². The second-order valence-electron chi connectivity index (χ2n) is 5.41. The van der Waals surface area contributed by atoms with Crippen molar-refractivity contribution in [2.24, 2.45) is 10.2 Å². The molecule has 0 aromatic heterocycles. The molecule has 0 saturated carbocycles. The minimum absolute atomic E-state index is 0.322. The first-order valence-electron chi connectivity index (χ1n) is 7.42. The quantitative estimate of drug-likeness (QED) is 0.351. The predicted molar refractivity (Wildman–Crippen MR) is 88.7 cm³/mol. The Balaban J connectivity index is 2.69. The van der Waals surface area contributed by atoms with Gasteiger partial charge in [-0.1, -0.05) is 18.2 Å². The topological polar surface area (TPSA) is 114 Å². The second-order valence-corrected chi connectivity index (χ2v) is 5.41. The molecule has 0 aliphatic carbocycles. The summed E-state index contributed by atoms with van der Waals surface area (Å²) in [6.07, 6.45) is -5.42. The molecule has 0 heterocycles. The Labute approximate surface area is 146 Å². The molecule has 0 atom stereocenters. The summed E-state index contributed by atoms with van der Waals surface area (Å²) in [5.74, 6) is 0. The molecule has 0 amide bonds. The molecule has 2 aromatic carbocycles. The Morgan fingerprint density at radius 2 is 1.85 bits per heavy atom. The maximum absolute atomic E-state index is 13.4. The van der Waals surface area contributed by atoms with Crippen LogP contribution in [0.4, 0.5) is 35.9 Å². The maximum atomic E-state index is 13.4. The van der Waals surface area contributed by atoms with Crippen LogP contribution in [0.2, 0.25) is 0 Å². The number of aliphatic hydroxyl groups is 1. The van der Waals surface area contributed by atoms with E-state index in [4.69, 9.17) is 10.8 Å². The first kappa shape index (κ1) is 19.3. The number of nitrogens with two attached hydrogens (primary N) is 1. The van der Waals surface area contributed by atoms with Gasteiger partial charge in [-0.15, -0.1) is 5.11 Å². The molecule has 0 spiro atoms. The number of nitrogen functional groups attached to an aromatic ring is 1. The van der Waals surface area contributed by atoms with E-state index < -0.39 is 34.6 Å². The van der Waals surface area contributed by atoms with E-state index in [1.807, 2.05) is 0 Å². The minimum Gasteiger partial charge on any atom is -0.396 e. The highest BCUT2D eigenvalue weighted by Gasteiger charge is 2.43. The number of alkyl halides is 3. The van der Waals surface area contributed by atoms with Crippen molar-refractivity contribution >= 4 is 22.7 Å². The molecule has 0 fully saturated rings. The zero-order chi connectivity index (χ0) is 19.5. The fraction of sp³-hybridized carbons (Fsp3) is 0.250. The Kier molecular flexibility index (Phi) is 5.56. The number of nitro benzene ring substituents is 1. The predicted octanol–water partition coefficient (Wildman–Crippen LogP) is 4.45. The van der Waals surface area contributed by atoms with Gasteiger partial charge in [-0.25, -0.2) is 0 Å². The number of anilines is 1. The van der Waals surface area contributed by atoms with E-state index in [0.717, 1.165) is 11.6 Å². The summed E-state index contributed by atoms with van der Waals surface area (Å²) in [6.45, 7) is 1.17. The molecule has 0 aliphatic rings. The van der Waals surface area contributed by atoms with Gasteiger partial charge in [0.2, 0.25) is 0 Å². The lowest BCUT2D eigenvalue weighted by Gasteiger charge is -2.14. The van der Waals surface area contributed by atoms with Gasteiger partial charge < -0.3 is 10.8 Å². The molecule has 2 aromatic rings. The zero-order valence-corrected chi connectivity index (χ0v) is 13.6. The molecule has 0 aliphatic heterocycles. The van der Waals surface area contributed by atoms with E-state index in [1.54, 1.807) is 31.2 Å². The molecule has 0 unspecified atom stereocenters. The molecule has 7 nitrogen and oxygen atoms in total. The average molecular weight is 368 g/mol. The van der Waals surface area contributed by atoms with Crippen LogP contribution in [-0.2, 0) is 12.6 Å². The molecule has 0 radical (unpaired) electrons. The summed E-state index contributed by atoms with van der Waals surface area (Å²) >= 11 is 0. The number of benzene rings is 2. The number of hydrogen-bond acceptors (Lipinski definition) is 6. The van der Waals surface area contributed by atoms with Crippen molar-refractivity contribution in [3.05, 3.63) is 57.1 Å². The number of aryl methyl sites for hydroxylation is 1. The number of rotatable bonds is 5. The highest BCUT2D eigenvalue weighted by Crippen LogP contribution is 2.46. The lowest BCUT2D eigenvalue weighted by molar-refractivity contribution is -0.388. The van der Waals surface area contributed by atoms with Gasteiger partial charge >= 0.3 is 6.18 Å². The van der Waals surface area contributed by atoms with Crippen LogP contribution in [0.25, 0.3) is 0 Å². The summed E-state index contributed by atoms with van der Waals surface area (Å²) < 4.78 is 40.1. The van der Waals surface area contributed by atoms with Gasteiger partial charge in [0.05, 0.1) is 16.3 Å². The summed E-state index contributed by atoms with van der Waals surface area (Å²) in [5, 5.41) is 27.8. The van der Waals surface area contributed by atoms with Crippen molar-refractivity contribution in [2.45, 2.75) is 19.5 Å². The lowest BCUT2D eigenvalue weighted by Crippen LogP contribution is -2.14. The van der Waals surface area contributed by atoms with Gasteiger partial charge in [0.25, 0.3) is 5.69 Å². The molecule has 138 valence electrons. The first-order chi connectivity index (χ1) is 12.2. The molecular weight excluding hydrogens is 353 g/mol. The third kappa shape index (κ3) is 3.97. The van der Waals surface area contributed by atoms with Crippen LogP contribution in [-0.4, -0.2) is 16.6 Å². The van der Waals surface area contributed by atoms with E-state index in [9.17, 15) is 23.3 Å². The van der Waals surface area contributed by atoms with Gasteiger partial charge in [-0.3, -0.25) is 10.1 Å². The molecule has 3 N–H and O–H groups in total. The summed E-state index contributed by atoms with van der Waals surface area (Å²) in [4.78, 5) is 10.0. The number of nitrogens with zero attached hydrogens (tertiary/aromatic N) is 3. The van der Waals surface area contributed by atoms with Crippen molar-refractivity contribution in [1.29, 1.82) is 0 Å². The zero-order valence-electron chi connectivity index (χ0n) is 13.6. The van der Waals surface area contributed by atoms with Gasteiger partial charge in [0.1, 0.15) is 5.69 Å². The highest BCUT2D eigenvalue weighted by atomic mass is 19.4. The largest absolute Gasteiger partial charge is 0.425 e. The highest BCUT2D eigenvalue weighted by molar-refractivity contribution is 5.75. The van der Waals surface area contributed by atoms with Crippen LogP contribution < -0.4 is 5.73 Å². The standard InChI is InChI=1S/C16H15F3N4O3/c1-9-4-2-3-5-11(9)21-22-12-8-10(6-7-24)15(23(25)26)13(14(12)20)16(17,18)19/h2-5,8,24H,6-7,20H2,1H3. The number of hydrogen-bond donors (Lipinski definition) is 2. The fourth-order valence-electron chi connectivity index (χ4n) is 2.40. The maximum Gasteiger partial charge on any atom is 0.425 e. The molecule has 10 heteroatoms. The number of aliphatic hydroxyl groups excluding tert-OH is 1. The third-order valence-electron chi connectivity index (χ3n) is 3.63. The summed E-state index contributed by atoms with van der Waals surface area (Å²) in [5.41, 5.74) is 2.36. The Morgan fingerprint density at radius 1 is 1.23 bits per heavy atom. The molecule has 2 rings (SSSR count). The van der Waals surface area contributed by atoms with Gasteiger partial charge in [0.15, 0.2) is 5.56 Å². The number of halogens is 3. The van der Waals surface area contributed by atoms with Crippen LogP contribution in [0.5, 0.6) is 0 Å². The Bertz CT molecular complexity index is 867. The smallest absolute Gasteiger partial charge is 0.396 e. The first-order valence-corrected chi connectivity index (χ1v) is 7.42. The minimum atomic E-state index is -5.06. The summed E-state index contributed by atoms with van der Waals surface area (Å²) in [6, 6.07) is 7.83. The SMILES string of the molecule is Cc1ccccc1N=Nc1cc(CCO)c([N+](=O)[O-])c(C(F)(F)F)c1N. The molecule has 0 saturated heterocycles. The lowest BCUT2D eigenvalue weighted by atomic mass is 10.0. The van der Waals surface area contributed by atoms with E-state index in [2.05, 4.69) is 10.2 Å². The van der Waals surface area contributed by atoms with Crippen molar-refractivity contribution in [3.8, 4) is 0 Å². The summed E-state index contributed by atoms with van der Waals surface area (Å²) in [7, 11) is 0. The molecule has 0 bridgehead atoms. The van der Waals surface area contributed by atoms with Gasteiger partial charge in [-0.2, -0.15) is 18.3 Å². The normalized spacial score (nSPS) is 11.9. The van der Waals surface area contributed by atoms with Crippen LogP contribution >= 0.6 is 0 Å². The van der Waals surface area contributed by atoms with E-state index >= 15 is 0 Å². The van der Waals surface area contributed by atoms with Gasteiger partial charge in [0, 0.05) is 18.6 Å². The van der Waals surface area contributed by atoms with E-state index in [-0.39, 0.29) is 17.7 Å². The van der Waals surface area contributed by atoms with Crippen molar-refractivity contribution in [3.63, 3.8) is 0 Å². The molecule has 26 heavy (non-hydrogen) atoms. The Hall–Kier alpha value is -3.01. The number of azo groups is 1. The van der Waals surface area contributed by atoms with Crippen LogP contribution in [0, 0.1) is 17.0 Å². The monoisotopic (exact) mass is 368 g/mol. The van der Waals surface area contributed by atoms with Crippen molar-refractivity contribution < 1.29 is 23.2 Å². The Morgan fingerprint density at radius 3 is 2.38 bits per heavy atom. The average Bonchev–Trinajstić information content (AvgIpc) is 2.54. The van der Waals surface area contributed by atoms with Crippen LogP contribution in [0.3, 0.4) is 0 Å². The molecular formula is C16H15F3N4O3. The second kappa shape index (κ2) is 7.48. The fourth-order valence-corrected chi connectivity index (χ4v) is 2.40.